The Bertz CT molecular complexity index is 884. The predicted octanol–water partition coefficient (Wildman–Crippen LogP) is 3.37. The number of anilines is 1. The van der Waals surface area contributed by atoms with Gasteiger partial charge >= 0.3 is 6.09 Å². The fourth-order valence-electron chi connectivity index (χ4n) is 6.23. The van der Waals surface area contributed by atoms with Crippen molar-refractivity contribution in [3.8, 4) is 0 Å². The van der Waals surface area contributed by atoms with Crippen molar-refractivity contribution in [3.63, 3.8) is 0 Å². The zero-order valence-electron chi connectivity index (χ0n) is 15.1. The summed E-state index contributed by atoms with van der Waals surface area (Å²) < 4.78 is 1.64. The summed E-state index contributed by atoms with van der Waals surface area (Å²) >= 11 is 0. The number of hydrogen-bond donors (Lipinski definition) is 3. The van der Waals surface area contributed by atoms with Crippen molar-refractivity contribution in [2.45, 2.75) is 38.5 Å². The lowest BCUT2D eigenvalue weighted by Crippen LogP contribution is -2.51. The molecule has 0 unspecified atom stereocenters. The second-order valence-corrected chi connectivity index (χ2v) is 8.80. The topological polar surface area (TPSA) is 95.7 Å². The summed E-state index contributed by atoms with van der Waals surface area (Å²) in [6.45, 7) is 0.737. The number of carbonyl (C=O) groups is 2. The quantitative estimate of drug-likeness (QED) is 0.771. The second-order valence-electron chi connectivity index (χ2n) is 8.80. The maximum Gasteiger partial charge on any atom is 0.410 e. The van der Waals surface area contributed by atoms with E-state index in [0.717, 1.165) is 24.3 Å². The fourth-order valence-corrected chi connectivity index (χ4v) is 6.23. The number of nitrogens with one attached hydrogen (secondary N) is 2. The van der Waals surface area contributed by atoms with Crippen LogP contribution in [0.4, 0.5) is 10.6 Å². The van der Waals surface area contributed by atoms with Gasteiger partial charge in [-0.3, -0.25) is 14.5 Å². The summed E-state index contributed by atoms with van der Waals surface area (Å²) in [6, 6.07) is 5.27. The van der Waals surface area contributed by atoms with Crippen molar-refractivity contribution < 1.29 is 14.7 Å². The van der Waals surface area contributed by atoms with Gasteiger partial charge in [0.1, 0.15) is 11.3 Å². The minimum absolute atomic E-state index is 0.129. The molecule has 6 rings (SSSR count). The number of carbonyl (C=O) groups excluding carboxylic acids is 1. The molecule has 7 nitrogen and oxygen atoms in total. The molecule has 4 aliphatic rings. The van der Waals surface area contributed by atoms with Crippen LogP contribution in [0.1, 0.15) is 49.0 Å². The van der Waals surface area contributed by atoms with Gasteiger partial charge in [0.05, 0.1) is 6.20 Å². The zero-order chi connectivity index (χ0) is 18.6. The first-order chi connectivity index (χ1) is 13.0. The van der Waals surface area contributed by atoms with Crippen molar-refractivity contribution >= 4 is 23.5 Å². The Morgan fingerprint density at radius 2 is 1.81 bits per heavy atom. The highest BCUT2D eigenvalue weighted by Gasteiger charge is 2.50. The van der Waals surface area contributed by atoms with E-state index in [2.05, 4.69) is 15.6 Å². The molecule has 2 aromatic rings. The molecule has 0 aromatic carbocycles. The van der Waals surface area contributed by atoms with E-state index in [1.54, 1.807) is 28.8 Å². The van der Waals surface area contributed by atoms with E-state index < -0.39 is 6.09 Å². The van der Waals surface area contributed by atoms with Crippen LogP contribution >= 0.6 is 0 Å². The number of nitrogens with zero attached hydrogens (tertiary/aromatic N) is 2. The molecule has 27 heavy (non-hydrogen) atoms. The van der Waals surface area contributed by atoms with Gasteiger partial charge in [0, 0.05) is 6.54 Å². The lowest BCUT2D eigenvalue weighted by atomic mass is 9.49. The molecule has 0 radical (unpaired) electrons. The minimum Gasteiger partial charge on any atom is -0.465 e. The third-order valence-electron chi connectivity index (χ3n) is 6.75. The van der Waals surface area contributed by atoms with E-state index >= 15 is 0 Å². The Kier molecular flexibility index (Phi) is 3.67. The van der Waals surface area contributed by atoms with Gasteiger partial charge in [0.2, 0.25) is 0 Å². The van der Waals surface area contributed by atoms with Gasteiger partial charge in [-0.2, -0.15) is 0 Å². The van der Waals surface area contributed by atoms with Gasteiger partial charge in [-0.05, 0) is 73.8 Å². The third-order valence-corrected chi connectivity index (χ3v) is 6.75. The highest BCUT2D eigenvalue weighted by Crippen LogP contribution is 2.59. The first-order valence-corrected chi connectivity index (χ1v) is 9.76. The van der Waals surface area contributed by atoms with E-state index in [-0.39, 0.29) is 17.1 Å². The largest absolute Gasteiger partial charge is 0.465 e. The van der Waals surface area contributed by atoms with Crippen LogP contribution in [-0.2, 0) is 0 Å². The summed E-state index contributed by atoms with van der Waals surface area (Å²) in [4.78, 5) is 27.9. The van der Waals surface area contributed by atoms with E-state index in [1.165, 1.54) is 38.5 Å². The summed E-state index contributed by atoms with van der Waals surface area (Å²) in [6.07, 6.45) is 8.29. The summed E-state index contributed by atoms with van der Waals surface area (Å²) in [7, 11) is 0. The molecule has 0 saturated heterocycles. The average molecular weight is 368 g/mol. The van der Waals surface area contributed by atoms with Crippen molar-refractivity contribution in [1.29, 1.82) is 0 Å². The minimum atomic E-state index is -1.17. The van der Waals surface area contributed by atoms with Crippen LogP contribution in [0.5, 0.6) is 0 Å². The molecule has 2 aromatic heterocycles. The number of fused-ring (bicyclic) bond motifs is 1. The summed E-state index contributed by atoms with van der Waals surface area (Å²) in [5, 5.41) is 14.3. The monoisotopic (exact) mass is 368 g/mol. The van der Waals surface area contributed by atoms with Crippen LogP contribution in [0.25, 0.3) is 5.65 Å². The number of aromatic nitrogens is 2. The van der Waals surface area contributed by atoms with Gasteiger partial charge in [0.15, 0.2) is 5.82 Å². The third kappa shape index (κ3) is 2.95. The van der Waals surface area contributed by atoms with E-state index in [0.29, 0.717) is 11.3 Å². The van der Waals surface area contributed by atoms with Crippen molar-refractivity contribution in [3.05, 3.63) is 30.1 Å². The van der Waals surface area contributed by atoms with Crippen LogP contribution < -0.4 is 10.6 Å². The van der Waals surface area contributed by atoms with E-state index in [1.807, 2.05) is 0 Å². The average Bonchev–Trinajstić information content (AvgIpc) is 3.00. The number of imidazole rings is 1. The molecule has 0 aliphatic heterocycles. The Hall–Kier alpha value is -2.57. The van der Waals surface area contributed by atoms with Gasteiger partial charge in [-0.15, -0.1) is 0 Å². The molecule has 0 spiro atoms. The summed E-state index contributed by atoms with van der Waals surface area (Å²) in [5.41, 5.74) is 1.30. The molecule has 4 fully saturated rings. The Morgan fingerprint density at radius 3 is 2.44 bits per heavy atom. The molecular formula is C20H24N4O3. The highest BCUT2D eigenvalue weighted by atomic mass is 16.4. The molecule has 4 bridgehead atoms. The van der Waals surface area contributed by atoms with E-state index in [4.69, 9.17) is 5.11 Å². The standard InChI is InChI=1S/C20H24N4O3/c25-18(15-2-1-3-17-22-16(10-24(15)17)23-19(26)27)21-11-20-7-12-4-13(8-20)6-14(5-12)9-20/h1-3,10,12-14,23H,4-9,11H2,(H,21,25)(H,26,27). The fraction of sp³-hybridized carbons (Fsp3) is 0.550. The number of pyridine rings is 1. The maximum atomic E-state index is 12.9. The van der Waals surface area contributed by atoms with Gasteiger partial charge in [-0.25, -0.2) is 9.78 Å². The van der Waals surface area contributed by atoms with Crippen molar-refractivity contribution in [1.82, 2.24) is 14.7 Å². The predicted molar refractivity (Wildman–Crippen MR) is 99.8 cm³/mol. The Morgan fingerprint density at radius 1 is 1.15 bits per heavy atom. The van der Waals surface area contributed by atoms with Crippen LogP contribution in [0.15, 0.2) is 24.4 Å². The smallest absolute Gasteiger partial charge is 0.410 e. The number of amides is 2. The first kappa shape index (κ1) is 16.6. The van der Waals surface area contributed by atoms with Crippen molar-refractivity contribution in [2.24, 2.45) is 23.2 Å². The lowest BCUT2D eigenvalue weighted by molar-refractivity contribution is -0.0503. The van der Waals surface area contributed by atoms with Crippen LogP contribution in [0.2, 0.25) is 0 Å². The molecule has 2 amide bonds. The highest BCUT2D eigenvalue weighted by molar-refractivity contribution is 5.93. The molecule has 4 saturated carbocycles. The van der Waals surface area contributed by atoms with Crippen LogP contribution in [0, 0.1) is 23.2 Å². The zero-order valence-corrected chi connectivity index (χ0v) is 15.1. The van der Waals surface area contributed by atoms with Crippen LogP contribution in [-0.4, -0.2) is 33.0 Å². The number of hydrogen-bond acceptors (Lipinski definition) is 3. The Balaban J connectivity index is 1.34. The Labute approximate surface area is 157 Å². The van der Waals surface area contributed by atoms with Gasteiger partial charge in [0.25, 0.3) is 5.91 Å². The SMILES string of the molecule is O=C(O)Nc1cn2c(C(=O)NCC34CC5CC(CC(C5)C3)C4)cccc2n1. The lowest BCUT2D eigenvalue weighted by Gasteiger charge is -2.56. The molecule has 2 heterocycles. The van der Waals surface area contributed by atoms with Gasteiger partial charge < -0.3 is 10.4 Å². The van der Waals surface area contributed by atoms with Crippen molar-refractivity contribution in [2.75, 3.05) is 11.9 Å². The first-order valence-electron chi connectivity index (χ1n) is 9.76. The molecule has 142 valence electrons. The molecule has 4 aliphatic carbocycles. The number of carboxylic acid groups (broad SMARTS) is 1. The second kappa shape index (κ2) is 5.97. The number of rotatable bonds is 4. The van der Waals surface area contributed by atoms with Gasteiger partial charge in [-0.1, -0.05) is 6.07 Å². The summed E-state index contributed by atoms with van der Waals surface area (Å²) in [5.74, 6) is 2.65. The maximum absolute atomic E-state index is 12.9. The van der Waals surface area contributed by atoms with Crippen LogP contribution in [0.3, 0.4) is 0 Å². The molecule has 0 atom stereocenters. The molecular weight excluding hydrogens is 344 g/mol. The van der Waals surface area contributed by atoms with E-state index in [9.17, 15) is 9.59 Å². The molecule has 3 N–H and O–H groups in total. The normalized spacial score (nSPS) is 31.2. The molecule has 7 heteroatoms.